The van der Waals surface area contributed by atoms with Crippen LogP contribution in [0.25, 0.3) is 11.4 Å². The van der Waals surface area contributed by atoms with Crippen molar-refractivity contribution < 1.29 is 9.21 Å². The molecule has 0 saturated carbocycles. The van der Waals surface area contributed by atoms with E-state index in [0.29, 0.717) is 10.9 Å². The van der Waals surface area contributed by atoms with Gasteiger partial charge < -0.3 is 13.6 Å². The molecule has 0 spiro atoms. The van der Waals surface area contributed by atoms with Crippen LogP contribution in [0.15, 0.2) is 28.0 Å². The molecule has 0 aliphatic heterocycles. The number of thioether (sulfide) groups is 1. The monoisotopic (exact) mass is 358 g/mol. The van der Waals surface area contributed by atoms with Crippen LogP contribution in [-0.4, -0.2) is 30.9 Å². The molecule has 0 atom stereocenters. The molecule has 0 radical (unpaired) electrons. The smallest absolute Gasteiger partial charge is 0.191 e. The van der Waals surface area contributed by atoms with Gasteiger partial charge in [-0.15, -0.1) is 10.2 Å². The van der Waals surface area contributed by atoms with Gasteiger partial charge in [0.05, 0.1) is 17.6 Å². The maximum Gasteiger partial charge on any atom is 0.191 e. The first kappa shape index (κ1) is 17.5. The van der Waals surface area contributed by atoms with Gasteiger partial charge in [-0.1, -0.05) is 11.8 Å². The van der Waals surface area contributed by atoms with Crippen molar-refractivity contribution in [2.24, 2.45) is 7.05 Å². The van der Waals surface area contributed by atoms with Crippen LogP contribution in [0.2, 0.25) is 0 Å². The predicted octanol–water partition coefficient (Wildman–Crippen LogP) is 3.80. The molecule has 6 nitrogen and oxygen atoms in total. The number of carbonyl (C=O) groups is 1. The summed E-state index contributed by atoms with van der Waals surface area (Å²) in [6.45, 7) is 8.87. The molecule has 0 aromatic carbocycles. The largest absolute Gasteiger partial charge is 0.469 e. The molecule has 3 aromatic heterocycles. The molecular weight excluding hydrogens is 336 g/mol. The molecule has 0 amide bonds. The summed E-state index contributed by atoms with van der Waals surface area (Å²) in [5.74, 6) is 1.99. The van der Waals surface area contributed by atoms with Gasteiger partial charge in [0.1, 0.15) is 5.76 Å². The molecular formula is C18H22N4O2S. The van der Waals surface area contributed by atoms with Crippen LogP contribution >= 0.6 is 11.8 Å². The van der Waals surface area contributed by atoms with Crippen molar-refractivity contribution in [1.29, 1.82) is 0 Å². The molecule has 132 valence electrons. The summed E-state index contributed by atoms with van der Waals surface area (Å²) >= 11 is 1.41. The standard InChI is InChI=1S/C18H22N4O2S/c1-6-22-11(2)9-15(12(22)3)16(23)10-25-18-20-19-17(21(18)5)14-7-8-24-13(14)4/h7-9H,6,10H2,1-5H3. The minimum Gasteiger partial charge on any atom is -0.469 e. The Morgan fingerprint density at radius 2 is 2.04 bits per heavy atom. The summed E-state index contributed by atoms with van der Waals surface area (Å²) < 4.78 is 9.38. The number of aromatic nitrogens is 4. The van der Waals surface area contributed by atoms with E-state index < -0.39 is 0 Å². The number of furan rings is 1. The number of aryl methyl sites for hydroxylation is 2. The first-order chi connectivity index (χ1) is 11.9. The highest BCUT2D eigenvalue weighted by molar-refractivity contribution is 7.99. The molecule has 3 aromatic rings. The van der Waals surface area contributed by atoms with Crippen molar-refractivity contribution in [3.05, 3.63) is 41.1 Å². The Bertz CT molecular complexity index is 920. The lowest BCUT2D eigenvalue weighted by molar-refractivity contribution is 0.102. The molecule has 0 bridgehead atoms. The zero-order chi connectivity index (χ0) is 18.1. The lowest BCUT2D eigenvalue weighted by Gasteiger charge is -2.06. The van der Waals surface area contributed by atoms with Gasteiger partial charge in [0.25, 0.3) is 0 Å². The summed E-state index contributed by atoms with van der Waals surface area (Å²) in [4.78, 5) is 12.6. The van der Waals surface area contributed by atoms with E-state index in [0.717, 1.165) is 40.6 Å². The zero-order valence-electron chi connectivity index (χ0n) is 15.2. The topological polar surface area (TPSA) is 65.8 Å². The fourth-order valence-corrected chi connectivity index (χ4v) is 3.86. The van der Waals surface area contributed by atoms with Crippen molar-refractivity contribution in [1.82, 2.24) is 19.3 Å². The van der Waals surface area contributed by atoms with Crippen molar-refractivity contribution >= 4 is 17.5 Å². The van der Waals surface area contributed by atoms with E-state index in [1.807, 2.05) is 44.5 Å². The quantitative estimate of drug-likeness (QED) is 0.495. The molecule has 0 N–H and O–H groups in total. The maximum atomic E-state index is 12.6. The van der Waals surface area contributed by atoms with Crippen LogP contribution in [0.1, 0.15) is 34.4 Å². The number of nitrogens with zero attached hydrogens (tertiary/aromatic N) is 4. The maximum absolute atomic E-state index is 12.6. The number of rotatable bonds is 6. The Hall–Kier alpha value is -2.28. The second-order valence-corrected chi connectivity index (χ2v) is 6.94. The molecule has 7 heteroatoms. The van der Waals surface area contributed by atoms with E-state index in [9.17, 15) is 4.79 Å². The average molecular weight is 358 g/mol. The van der Waals surface area contributed by atoms with Gasteiger partial charge in [0, 0.05) is 30.5 Å². The van der Waals surface area contributed by atoms with Gasteiger partial charge in [-0.25, -0.2) is 0 Å². The Labute approximate surface area is 151 Å². The molecule has 0 saturated heterocycles. The van der Waals surface area contributed by atoms with Crippen LogP contribution in [0.5, 0.6) is 0 Å². The zero-order valence-corrected chi connectivity index (χ0v) is 16.0. The van der Waals surface area contributed by atoms with Crippen LogP contribution in [-0.2, 0) is 13.6 Å². The molecule has 0 aliphatic rings. The summed E-state index contributed by atoms with van der Waals surface area (Å²) in [6, 6.07) is 3.84. The van der Waals surface area contributed by atoms with Crippen molar-refractivity contribution in [2.75, 3.05) is 5.75 Å². The average Bonchev–Trinajstić information content (AvgIpc) is 3.23. The van der Waals surface area contributed by atoms with Gasteiger partial charge in [0.2, 0.25) is 0 Å². The van der Waals surface area contributed by atoms with Crippen LogP contribution < -0.4 is 0 Å². The van der Waals surface area contributed by atoms with Crippen molar-refractivity contribution in [2.45, 2.75) is 39.4 Å². The number of Topliss-reactive ketones (excluding diaryl/α,β-unsaturated/α-hetero) is 1. The van der Waals surface area contributed by atoms with Crippen LogP contribution in [0.3, 0.4) is 0 Å². The van der Waals surface area contributed by atoms with Crippen LogP contribution in [0.4, 0.5) is 0 Å². The normalized spacial score (nSPS) is 11.2. The first-order valence-electron chi connectivity index (χ1n) is 8.20. The third-order valence-corrected chi connectivity index (χ3v) is 5.48. The van der Waals surface area contributed by atoms with E-state index in [1.165, 1.54) is 11.8 Å². The summed E-state index contributed by atoms with van der Waals surface area (Å²) in [6.07, 6.45) is 1.64. The van der Waals surface area contributed by atoms with Gasteiger partial charge >= 0.3 is 0 Å². The number of carbonyl (C=O) groups excluding carboxylic acids is 1. The van der Waals surface area contributed by atoms with E-state index in [-0.39, 0.29) is 5.78 Å². The fraction of sp³-hybridized carbons (Fsp3) is 0.389. The number of hydrogen-bond donors (Lipinski definition) is 0. The SMILES string of the molecule is CCn1c(C)cc(C(=O)CSc2nnc(-c3ccoc3C)n2C)c1C. The van der Waals surface area contributed by atoms with E-state index in [1.54, 1.807) is 6.26 Å². The molecule has 0 aliphatic carbocycles. The fourth-order valence-electron chi connectivity index (χ4n) is 3.07. The third-order valence-electron chi connectivity index (χ3n) is 4.46. The van der Waals surface area contributed by atoms with Crippen molar-refractivity contribution in [3.63, 3.8) is 0 Å². The minimum atomic E-state index is 0.113. The molecule has 3 rings (SSSR count). The lowest BCUT2D eigenvalue weighted by atomic mass is 10.2. The second-order valence-electron chi connectivity index (χ2n) is 6.00. The van der Waals surface area contributed by atoms with E-state index in [4.69, 9.17) is 4.42 Å². The first-order valence-corrected chi connectivity index (χ1v) is 9.19. The minimum absolute atomic E-state index is 0.113. The Kier molecular flexibility index (Phi) is 4.85. The summed E-state index contributed by atoms with van der Waals surface area (Å²) in [7, 11) is 1.90. The van der Waals surface area contributed by atoms with Gasteiger partial charge in [-0.2, -0.15) is 0 Å². The molecule has 0 fully saturated rings. The number of hydrogen-bond acceptors (Lipinski definition) is 5. The van der Waals surface area contributed by atoms with Gasteiger partial charge in [0.15, 0.2) is 16.8 Å². The summed E-state index contributed by atoms with van der Waals surface area (Å²) in [5.41, 5.74) is 3.85. The van der Waals surface area contributed by atoms with E-state index in [2.05, 4.69) is 21.7 Å². The Morgan fingerprint density at radius 1 is 1.28 bits per heavy atom. The van der Waals surface area contributed by atoms with Gasteiger partial charge in [-0.3, -0.25) is 4.79 Å². The molecule has 3 heterocycles. The predicted molar refractivity (Wildman–Crippen MR) is 98.1 cm³/mol. The lowest BCUT2D eigenvalue weighted by Crippen LogP contribution is -2.06. The Balaban J connectivity index is 1.75. The number of ketones is 1. The Morgan fingerprint density at radius 3 is 2.64 bits per heavy atom. The summed E-state index contributed by atoms with van der Waals surface area (Å²) in [5, 5.41) is 9.17. The van der Waals surface area contributed by atoms with Gasteiger partial charge in [-0.05, 0) is 39.8 Å². The highest BCUT2D eigenvalue weighted by Gasteiger charge is 2.18. The van der Waals surface area contributed by atoms with E-state index >= 15 is 0 Å². The highest BCUT2D eigenvalue weighted by atomic mass is 32.2. The van der Waals surface area contributed by atoms with Crippen LogP contribution in [0, 0.1) is 20.8 Å². The highest BCUT2D eigenvalue weighted by Crippen LogP contribution is 2.26. The third kappa shape index (κ3) is 3.16. The second kappa shape index (κ2) is 6.92. The molecule has 25 heavy (non-hydrogen) atoms. The van der Waals surface area contributed by atoms with Crippen molar-refractivity contribution in [3.8, 4) is 11.4 Å². The molecule has 0 unspecified atom stereocenters.